The first-order valence-electron chi connectivity index (χ1n) is 8.84. The lowest BCUT2D eigenvalue weighted by atomic mass is 10.1. The Balaban J connectivity index is 1.43. The van der Waals surface area contributed by atoms with Gasteiger partial charge in [0.2, 0.25) is 0 Å². The van der Waals surface area contributed by atoms with Crippen molar-refractivity contribution in [1.29, 1.82) is 0 Å². The third kappa shape index (κ3) is 3.68. The third-order valence-electron chi connectivity index (χ3n) is 4.86. The molecule has 1 aliphatic heterocycles. The summed E-state index contributed by atoms with van der Waals surface area (Å²) in [5.41, 5.74) is 2.66. The number of hydrogen-bond acceptors (Lipinski definition) is 5. The molecule has 0 atom stereocenters. The fourth-order valence-corrected chi connectivity index (χ4v) is 4.34. The molecule has 0 saturated carbocycles. The zero-order valence-corrected chi connectivity index (χ0v) is 15.4. The smallest absolute Gasteiger partial charge is 0.133 e. The van der Waals surface area contributed by atoms with Crippen LogP contribution in [0.2, 0.25) is 0 Å². The van der Waals surface area contributed by atoms with E-state index in [0.29, 0.717) is 0 Å². The second kappa shape index (κ2) is 7.52. The van der Waals surface area contributed by atoms with E-state index in [1.54, 1.807) is 0 Å². The van der Waals surface area contributed by atoms with E-state index in [0.717, 1.165) is 45.1 Å². The van der Waals surface area contributed by atoms with E-state index < -0.39 is 0 Å². The molecule has 1 aromatic carbocycles. The molecule has 1 aliphatic rings. The van der Waals surface area contributed by atoms with Crippen LogP contribution in [0, 0.1) is 0 Å². The number of nitrogens with one attached hydrogen (secondary N) is 1. The van der Waals surface area contributed by atoms with Crippen LogP contribution in [0.15, 0.2) is 48.0 Å². The van der Waals surface area contributed by atoms with E-state index in [1.807, 2.05) is 23.6 Å². The second-order valence-electron chi connectivity index (χ2n) is 6.64. The number of rotatable bonds is 5. The van der Waals surface area contributed by atoms with Gasteiger partial charge < -0.3 is 15.1 Å². The normalized spacial score (nSPS) is 15.8. The summed E-state index contributed by atoms with van der Waals surface area (Å²) >= 11 is 1.82. The van der Waals surface area contributed by atoms with Crippen LogP contribution in [-0.4, -0.2) is 43.1 Å². The Bertz CT molecular complexity index is 836. The van der Waals surface area contributed by atoms with Crippen molar-refractivity contribution in [3.63, 3.8) is 0 Å². The Labute approximate surface area is 153 Å². The van der Waals surface area contributed by atoms with Crippen molar-refractivity contribution in [3.8, 4) is 0 Å². The van der Waals surface area contributed by atoms with Crippen LogP contribution >= 0.6 is 11.3 Å². The molecule has 25 heavy (non-hydrogen) atoms. The molecule has 5 heteroatoms. The molecular weight excluding hydrogens is 328 g/mol. The maximum atomic E-state index is 4.66. The monoisotopic (exact) mass is 352 g/mol. The van der Waals surface area contributed by atoms with Gasteiger partial charge in [-0.2, -0.15) is 0 Å². The predicted octanol–water partition coefficient (Wildman–Crippen LogP) is 3.34. The fraction of sp³-hybridized carbons (Fsp3) is 0.350. The maximum Gasteiger partial charge on any atom is 0.133 e. The summed E-state index contributed by atoms with van der Waals surface area (Å²) in [5, 5.41) is 7.25. The minimum Gasteiger partial charge on any atom is -0.354 e. The van der Waals surface area contributed by atoms with Crippen molar-refractivity contribution in [2.45, 2.75) is 13.1 Å². The number of fused-ring (bicyclic) bond motifs is 1. The highest BCUT2D eigenvalue weighted by atomic mass is 32.1. The summed E-state index contributed by atoms with van der Waals surface area (Å²) < 4.78 is 1.36. The van der Waals surface area contributed by atoms with Crippen LogP contribution in [0.3, 0.4) is 0 Å². The van der Waals surface area contributed by atoms with Crippen LogP contribution < -0.4 is 10.2 Å². The first kappa shape index (κ1) is 16.5. The van der Waals surface area contributed by atoms with Gasteiger partial charge in [-0.3, -0.25) is 0 Å². The van der Waals surface area contributed by atoms with Crippen molar-refractivity contribution >= 4 is 27.2 Å². The Morgan fingerprint density at radius 3 is 2.68 bits per heavy atom. The molecule has 0 amide bonds. The first-order valence-corrected chi connectivity index (χ1v) is 9.72. The number of hydrogen-bond donors (Lipinski definition) is 1. The van der Waals surface area contributed by atoms with E-state index >= 15 is 0 Å². The quantitative estimate of drug-likeness (QED) is 0.763. The number of likely N-dealkylation sites (N-methyl/N-ethyl adjacent to an activating group) is 1. The number of benzene rings is 1. The largest absolute Gasteiger partial charge is 0.354 e. The molecule has 130 valence electrons. The van der Waals surface area contributed by atoms with Gasteiger partial charge in [0.15, 0.2) is 0 Å². The lowest BCUT2D eigenvalue weighted by molar-refractivity contribution is 0.311. The average Bonchev–Trinajstić information content (AvgIpc) is 3.06. The van der Waals surface area contributed by atoms with E-state index in [9.17, 15) is 0 Å². The van der Waals surface area contributed by atoms with Gasteiger partial charge in [0.05, 0.1) is 0 Å². The van der Waals surface area contributed by atoms with Crippen molar-refractivity contribution in [2.75, 3.05) is 38.1 Å². The highest BCUT2D eigenvalue weighted by Crippen LogP contribution is 2.25. The number of nitrogens with zero attached hydrogens (tertiary/aromatic N) is 3. The maximum absolute atomic E-state index is 4.66. The average molecular weight is 353 g/mol. The number of thiophene rings is 1. The van der Waals surface area contributed by atoms with Gasteiger partial charge in [0, 0.05) is 55.7 Å². The summed E-state index contributed by atoms with van der Waals surface area (Å²) in [4.78, 5) is 9.45. The minimum atomic E-state index is 0.847. The zero-order chi connectivity index (χ0) is 17.1. The van der Waals surface area contributed by atoms with Crippen molar-refractivity contribution in [1.82, 2.24) is 15.2 Å². The number of anilines is 1. The fourth-order valence-electron chi connectivity index (χ4n) is 3.37. The summed E-state index contributed by atoms with van der Waals surface area (Å²) in [6.45, 7) is 6.04. The van der Waals surface area contributed by atoms with Crippen LogP contribution in [0.25, 0.3) is 10.1 Å². The number of piperazine rings is 1. The van der Waals surface area contributed by atoms with Gasteiger partial charge in [0.1, 0.15) is 5.82 Å². The Morgan fingerprint density at radius 1 is 1.00 bits per heavy atom. The Kier molecular flexibility index (Phi) is 4.97. The molecular formula is C20H24N4S. The van der Waals surface area contributed by atoms with Gasteiger partial charge in [-0.25, -0.2) is 4.98 Å². The van der Waals surface area contributed by atoms with Gasteiger partial charge in [0.25, 0.3) is 0 Å². The molecule has 4 rings (SSSR count). The summed E-state index contributed by atoms with van der Waals surface area (Å²) in [5.74, 6) is 1.14. The number of pyridine rings is 1. The molecule has 0 spiro atoms. The highest BCUT2D eigenvalue weighted by Gasteiger charge is 2.17. The van der Waals surface area contributed by atoms with Crippen LogP contribution in [0.5, 0.6) is 0 Å². The van der Waals surface area contributed by atoms with Gasteiger partial charge in [-0.1, -0.05) is 24.3 Å². The third-order valence-corrected chi connectivity index (χ3v) is 5.87. The second-order valence-corrected chi connectivity index (χ2v) is 7.55. The molecule has 1 N–H and O–H groups in total. The van der Waals surface area contributed by atoms with Crippen molar-refractivity contribution < 1.29 is 0 Å². The van der Waals surface area contributed by atoms with Crippen molar-refractivity contribution in [2.24, 2.45) is 0 Å². The number of aromatic nitrogens is 1. The van der Waals surface area contributed by atoms with E-state index in [-0.39, 0.29) is 0 Å². The molecule has 3 heterocycles. The molecule has 0 radical (unpaired) electrons. The van der Waals surface area contributed by atoms with E-state index in [4.69, 9.17) is 0 Å². The Morgan fingerprint density at radius 2 is 1.80 bits per heavy atom. The van der Waals surface area contributed by atoms with Crippen molar-refractivity contribution in [3.05, 3.63) is 59.1 Å². The van der Waals surface area contributed by atoms with Crippen LogP contribution in [0.1, 0.15) is 11.1 Å². The molecule has 3 aromatic rings. The molecule has 0 unspecified atom stereocenters. The summed E-state index contributed by atoms with van der Waals surface area (Å²) in [7, 11) is 2.18. The van der Waals surface area contributed by atoms with Crippen LogP contribution in [-0.2, 0) is 13.1 Å². The van der Waals surface area contributed by atoms with Crippen LogP contribution in [0.4, 0.5) is 5.82 Å². The molecule has 0 bridgehead atoms. The highest BCUT2D eigenvalue weighted by molar-refractivity contribution is 7.17. The van der Waals surface area contributed by atoms with Gasteiger partial charge >= 0.3 is 0 Å². The lowest BCUT2D eigenvalue weighted by Gasteiger charge is -2.34. The molecule has 1 saturated heterocycles. The Hall–Kier alpha value is -1.95. The first-order chi connectivity index (χ1) is 12.3. The van der Waals surface area contributed by atoms with Gasteiger partial charge in [-0.05, 0) is 35.5 Å². The molecule has 2 aromatic heterocycles. The SMILES string of the molecule is CN1CCN(c2ncccc2CNCc2csc3ccccc23)CC1. The summed E-state index contributed by atoms with van der Waals surface area (Å²) in [6, 6.07) is 12.9. The minimum absolute atomic E-state index is 0.847. The molecule has 0 aliphatic carbocycles. The molecule has 1 fully saturated rings. The predicted molar refractivity (Wildman–Crippen MR) is 106 cm³/mol. The van der Waals surface area contributed by atoms with Gasteiger partial charge in [-0.15, -0.1) is 11.3 Å². The standard InChI is InChI=1S/C20H24N4S/c1-23-9-11-24(12-10-23)20-16(5-4-8-22-20)13-21-14-17-15-25-19-7-3-2-6-18(17)19/h2-8,15,21H,9-14H2,1H3. The lowest BCUT2D eigenvalue weighted by Crippen LogP contribution is -2.45. The zero-order valence-electron chi connectivity index (χ0n) is 14.6. The van der Waals surface area contributed by atoms with E-state index in [1.165, 1.54) is 21.2 Å². The molecule has 4 nitrogen and oxygen atoms in total. The topological polar surface area (TPSA) is 31.4 Å². The van der Waals surface area contributed by atoms with E-state index in [2.05, 4.69) is 62.9 Å². The summed E-state index contributed by atoms with van der Waals surface area (Å²) in [6.07, 6.45) is 1.91.